The topological polar surface area (TPSA) is 170 Å². The van der Waals surface area contributed by atoms with Gasteiger partial charge in [0.15, 0.2) is 11.2 Å². The normalized spacial score (nSPS) is 30.3. The molecule has 10 unspecified atom stereocenters. The van der Waals surface area contributed by atoms with Crippen LogP contribution in [0.25, 0.3) is 11.0 Å². The number of carbonyl (C=O) groups is 2. The van der Waals surface area contributed by atoms with Crippen LogP contribution in [0.5, 0.6) is 5.75 Å². The maximum absolute atomic E-state index is 15.0. The highest BCUT2D eigenvalue weighted by atomic mass is 16.5. The van der Waals surface area contributed by atoms with Gasteiger partial charge in [-0.2, -0.15) is 0 Å². The van der Waals surface area contributed by atoms with Crippen LogP contribution in [0.3, 0.4) is 0 Å². The molecule has 10 atom stereocenters. The van der Waals surface area contributed by atoms with Gasteiger partial charge in [-0.3, -0.25) is 14.4 Å². The molecule has 286 valence electrons. The van der Waals surface area contributed by atoms with E-state index in [9.17, 15) is 30.0 Å². The number of phenols is 1. The van der Waals surface area contributed by atoms with E-state index in [1.807, 2.05) is 44.9 Å². The number of ketones is 2. The third kappa shape index (κ3) is 6.27. The summed E-state index contributed by atoms with van der Waals surface area (Å²) in [5.74, 6) is -2.24. The molecule has 2 saturated heterocycles. The Morgan fingerprint density at radius 2 is 1.58 bits per heavy atom. The number of nitrogens with zero attached hydrogens (tertiary/aromatic N) is 2. The summed E-state index contributed by atoms with van der Waals surface area (Å²) >= 11 is 0. The quantitative estimate of drug-likeness (QED) is 0.199. The van der Waals surface area contributed by atoms with Crippen LogP contribution in [0.15, 0.2) is 39.6 Å². The van der Waals surface area contributed by atoms with Gasteiger partial charge in [-0.15, -0.1) is 0 Å². The van der Waals surface area contributed by atoms with Crippen LogP contribution >= 0.6 is 0 Å². The van der Waals surface area contributed by atoms with Crippen LogP contribution in [0, 0.1) is 6.92 Å². The van der Waals surface area contributed by atoms with Crippen LogP contribution in [0.4, 0.5) is 0 Å². The van der Waals surface area contributed by atoms with E-state index in [4.69, 9.17) is 13.9 Å². The first-order chi connectivity index (χ1) is 24.8. The lowest BCUT2D eigenvalue weighted by molar-refractivity contribution is -0.176. The molecule has 2 fully saturated rings. The molecule has 0 radical (unpaired) electrons. The number of aromatic hydroxyl groups is 1. The first kappa shape index (κ1) is 39.0. The summed E-state index contributed by atoms with van der Waals surface area (Å²) < 4.78 is 19.0. The average molecular weight is 733 g/mol. The van der Waals surface area contributed by atoms with Gasteiger partial charge in [-0.25, -0.2) is 0 Å². The fourth-order valence-electron chi connectivity index (χ4n) is 8.44. The summed E-state index contributed by atoms with van der Waals surface area (Å²) in [6.45, 7) is 10.5. The van der Waals surface area contributed by atoms with Gasteiger partial charge in [-0.1, -0.05) is 19.1 Å². The highest BCUT2D eigenvalue weighted by Gasteiger charge is 2.49. The second-order valence-corrected chi connectivity index (χ2v) is 15.8. The predicted octanol–water partition coefficient (Wildman–Crippen LogP) is 4.30. The van der Waals surface area contributed by atoms with Crippen LogP contribution in [0.2, 0.25) is 0 Å². The average Bonchev–Trinajstić information content (AvgIpc) is 3.09. The fraction of sp³-hybridized carbons (Fsp3) is 0.537. The standard InChI is InChI=1S/C41H52N2O10/c1-11-12-26(44)19(3)28-16-27(45)31-18(2)13-24-33(39(31)53-28)38(49)34-32(37(24)48)22(29-15-25(42(7)8)35(46)20(4)51-29)14-23(36(34)47)30-17-41(6,43(9)10)40(50)21(5)52-30/h11-14,16,19-21,25-26,29-30,35,40,44,46-47,50H,15,17H2,1-10H3. The number of aryl methyl sites for hydroxylation is 1. The number of allylic oxidation sites excluding steroid dienone is 1. The summed E-state index contributed by atoms with van der Waals surface area (Å²) in [7, 11) is 7.41. The van der Waals surface area contributed by atoms with E-state index < -0.39 is 76.9 Å². The molecule has 3 aliphatic rings. The van der Waals surface area contributed by atoms with Crippen molar-refractivity contribution < 1.29 is 43.9 Å². The van der Waals surface area contributed by atoms with Gasteiger partial charge >= 0.3 is 0 Å². The molecule has 2 aliphatic heterocycles. The van der Waals surface area contributed by atoms with E-state index >= 15 is 4.79 Å². The monoisotopic (exact) mass is 732 g/mol. The van der Waals surface area contributed by atoms with E-state index in [-0.39, 0.29) is 63.4 Å². The maximum Gasteiger partial charge on any atom is 0.202 e. The zero-order valence-corrected chi connectivity index (χ0v) is 32.1. The highest BCUT2D eigenvalue weighted by Crippen LogP contribution is 2.49. The van der Waals surface area contributed by atoms with Crippen LogP contribution in [0.1, 0.15) is 120 Å². The Labute approximate surface area is 309 Å². The van der Waals surface area contributed by atoms with Crippen molar-refractivity contribution in [2.24, 2.45) is 0 Å². The van der Waals surface area contributed by atoms with Crippen molar-refractivity contribution in [3.63, 3.8) is 0 Å². The Hall–Kier alpha value is -3.75. The van der Waals surface area contributed by atoms with Gasteiger partial charge in [-0.05, 0) is 98.9 Å². The second kappa shape index (κ2) is 14.2. The molecule has 0 bridgehead atoms. The number of carbonyl (C=O) groups excluding carboxylic acids is 2. The lowest BCUT2D eigenvalue weighted by atomic mass is 9.74. The summed E-state index contributed by atoms with van der Waals surface area (Å²) in [6.07, 6.45) is -1.77. The van der Waals surface area contributed by atoms with Gasteiger partial charge in [0.1, 0.15) is 17.1 Å². The van der Waals surface area contributed by atoms with E-state index in [0.717, 1.165) is 0 Å². The number of hydrogen-bond acceptors (Lipinski definition) is 12. The zero-order chi connectivity index (χ0) is 39.0. The number of ether oxygens (including phenoxy) is 2. The Bertz CT molecular complexity index is 2050. The minimum atomic E-state index is -0.986. The first-order valence-electron chi connectivity index (χ1n) is 18.3. The SMILES string of the molecule is CC=CC(O)C(C)c1cc(=O)c2c(C)cc3c(c2o1)C(=O)c1c(O)c(C2CC(C)(N(C)C)C(O)C(C)O2)cc(C2CC(N(C)C)C(O)C(C)O2)c1C3=O. The Balaban J connectivity index is 1.63. The third-order valence-corrected chi connectivity index (χ3v) is 12.0. The smallest absolute Gasteiger partial charge is 0.202 e. The number of likely N-dealkylation sites (N-methyl/N-ethyl adjacent to an activating group) is 2. The largest absolute Gasteiger partial charge is 0.507 e. The summed E-state index contributed by atoms with van der Waals surface area (Å²) in [4.78, 5) is 47.3. The van der Waals surface area contributed by atoms with Gasteiger partial charge in [0.2, 0.25) is 5.78 Å². The molecule has 4 N–H and O–H groups in total. The van der Waals surface area contributed by atoms with Crippen molar-refractivity contribution in [1.29, 1.82) is 0 Å². The molecule has 0 spiro atoms. The fourth-order valence-corrected chi connectivity index (χ4v) is 8.44. The lowest BCUT2D eigenvalue weighted by Gasteiger charge is -2.49. The first-order valence-corrected chi connectivity index (χ1v) is 18.3. The molecule has 1 aliphatic carbocycles. The summed E-state index contributed by atoms with van der Waals surface area (Å²) in [5, 5.41) is 45.3. The van der Waals surface area contributed by atoms with E-state index in [1.165, 1.54) is 12.1 Å². The van der Waals surface area contributed by atoms with Gasteiger partial charge in [0, 0.05) is 40.3 Å². The van der Waals surface area contributed by atoms with Crippen molar-refractivity contribution in [2.45, 2.75) is 115 Å². The van der Waals surface area contributed by atoms with Crippen molar-refractivity contribution in [3.8, 4) is 5.75 Å². The van der Waals surface area contributed by atoms with Crippen LogP contribution in [-0.4, -0.2) is 112 Å². The summed E-state index contributed by atoms with van der Waals surface area (Å²) in [5.41, 5.74) is -0.687. The zero-order valence-electron chi connectivity index (χ0n) is 32.1. The van der Waals surface area contributed by atoms with Crippen LogP contribution < -0.4 is 5.43 Å². The molecule has 12 nitrogen and oxygen atoms in total. The Morgan fingerprint density at radius 3 is 2.21 bits per heavy atom. The van der Waals surface area contributed by atoms with Crippen LogP contribution in [-0.2, 0) is 9.47 Å². The molecule has 6 rings (SSSR count). The molecule has 3 aromatic rings. The second-order valence-electron chi connectivity index (χ2n) is 15.8. The molecule has 3 heterocycles. The summed E-state index contributed by atoms with van der Waals surface area (Å²) in [6, 6.07) is 4.13. The number of benzene rings is 2. The van der Waals surface area contributed by atoms with Gasteiger partial charge in [0.05, 0.1) is 59.2 Å². The lowest BCUT2D eigenvalue weighted by Crippen LogP contribution is -2.59. The Morgan fingerprint density at radius 1 is 0.925 bits per heavy atom. The van der Waals surface area contributed by atoms with Gasteiger partial charge < -0.3 is 44.1 Å². The number of aliphatic hydroxyl groups is 3. The molecular weight excluding hydrogens is 680 g/mol. The number of fused-ring (bicyclic) bond motifs is 4. The molecule has 2 aromatic carbocycles. The minimum absolute atomic E-state index is 0.0155. The predicted molar refractivity (Wildman–Crippen MR) is 199 cm³/mol. The van der Waals surface area contributed by atoms with E-state index in [0.29, 0.717) is 11.1 Å². The van der Waals surface area contributed by atoms with Crippen molar-refractivity contribution in [2.75, 3.05) is 28.2 Å². The molecule has 1 aromatic heterocycles. The molecule has 0 saturated carbocycles. The van der Waals surface area contributed by atoms with E-state index in [1.54, 1.807) is 52.8 Å². The van der Waals surface area contributed by atoms with Crippen molar-refractivity contribution in [3.05, 3.63) is 85.3 Å². The molecule has 0 amide bonds. The minimum Gasteiger partial charge on any atom is -0.507 e. The number of rotatable bonds is 7. The van der Waals surface area contributed by atoms with E-state index in [2.05, 4.69) is 0 Å². The van der Waals surface area contributed by atoms with Crippen molar-refractivity contribution >= 4 is 22.5 Å². The van der Waals surface area contributed by atoms with Gasteiger partial charge in [0.25, 0.3) is 0 Å². The van der Waals surface area contributed by atoms with Crippen molar-refractivity contribution in [1.82, 2.24) is 9.80 Å². The molecule has 53 heavy (non-hydrogen) atoms. The highest BCUT2D eigenvalue weighted by molar-refractivity contribution is 6.33. The number of phenolic OH excluding ortho intramolecular Hbond substituents is 1. The Kier molecular flexibility index (Phi) is 10.4. The molecular formula is C41H52N2O10. The maximum atomic E-state index is 15.0. The molecule has 12 heteroatoms. The number of hydrogen-bond donors (Lipinski definition) is 4. The third-order valence-electron chi connectivity index (χ3n) is 12.0. The number of aliphatic hydroxyl groups excluding tert-OH is 3.